The molecule has 0 unspecified atom stereocenters. The van der Waals surface area contributed by atoms with Crippen molar-refractivity contribution in [2.45, 2.75) is 13.1 Å². The monoisotopic (exact) mass is 410 g/mol. The van der Waals surface area contributed by atoms with Crippen LogP contribution in [0.15, 0.2) is 97.7 Å². The van der Waals surface area contributed by atoms with E-state index in [4.69, 9.17) is 4.74 Å². The summed E-state index contributed by atoms with van der Waals surface area (Å²) in [6.45, 7) is 5.56. The van der Waals surface area contributed by atoms with Crippen molar-refractivity contribution < 1.29 is 9.53 Å². The highest BCUT2D eigenvalue weighted by atomic mass is 16.5. The number of nitrogens with zero attached hydrogens (tertiary/aromatic N) is 2. The van der Waals surface area contributed by atoms with E-state index in [1.54, 1.807) is 13.2 Å². The minimum absolute atomic E-state index is 0.00540. The molecule has 0 spiro atoms. The van der Waals surface area contributed by atoms with Gasteiger partial charge in [0.25, 0.3) is 5.91 Å². The molecule has 0 bridgehead atoms. The molecular weight excluding hydrogens is 384 g/mol. The maximum absolute atomic E-state index is 13.5. The molecule has 3 aromatic carbocycles. The van der Waals surface area contributed by atoms with E-state index in [-0.39, 0.29) is 5.91 Å². The second-order valence-corrected chi connectivity index (χ2v) is 7.48. The molecule has 4 heteroatoms. The van der Waals surface area contributed by atoms with E-state index in [0.717, 1.165) is 27.8 Å². The predicted molar refractivity (Wildman–Crippen MR) is 125 cm³/mol. The lowest BCUT2D eigenvalue weighted by Gasteiger charge is -2.23. The molecule has 156 valence electrons. The summed E-state index contributed by atoms with van der Waals surface area (Å²) in [6, 6.07) is 26.0. The molecule has 31 heavy (non-hydrogen) atoms. The molecule has 4 rings (SSSR count). The number of carbonyl (C=O) groups excluding carboxylic acids is 1. The topological polar surface area (TPSA) is 34.5 Å². The van der Waals surface area contributed by atoms with Crippen LogP contribution in [-0.4, -0.2) is 29.0 Å². The number of fused-ring (bicyclic) bond motifs is 1. The fourth-order valence-electron chi connectivity index (χ4n) is 3.87. The maximum Gasteiger partial charge on any atom is 0.255 e. The zero-order valence-electron chi connectivity index (χ0n) is 17.7. The van der Waals surface area contributed by atoms with Crippen LogP contribution in [-0.2, 0) is 13.1 Å². The van der Waals surface area contributed by atoms with Gasteiger partial charge in [-0.3, -0.25) is 4.79 Å². The summed E-state index contributed by atoms with van der Waals surface area (Å²) >= 11 is 0. The first-order valence-corrected chi connectivity index (χ1v) is 10.3. The molecule has 4 nitrogen and oxygen atoms in total. The van der Waals surface area contributed by atoms with Gasteiger partial charge in [0, 0.05) is 30.5 Å². The molecule has 0 fully saturated rings. The van der Waals surface area contributed by atoms with Crippen molar-refractivity contribution in [1.29, 1.82) is 0 Å². The highest BCUT2D eigenvalue weighted by molar-refractivity contribution is 6.07. The molecule has 1 amide bonds. The Labute approximate surface area is 183 Å². The Balaban J connectivity index is 1.60. The minimum Gasteiger partial charge on any atom is -0.497 e. The fraction of sp³-hybridized carbons (Fsp3) is 0.148. The Bertz CT molecular complexity index is 1200. The van der Waals surface area contributed by atoms with Crippen molar-refractivity contribution in [3.63, 3.8) is 0 Å². The van der Waals surface area contributed by atoms with Crippen molar-refractivity contribution >= 4 is 16.7 Å². The third-order valence-corrected chi connectivity index (χ3v) is 5.42. The highest BCUT2D eigenvalue weighted by Crippen LogP contribution is 2.22. The summed E-state index contributed by atoms with van der Waals surface area (Å²) in [4.78, 5) is 15.3. The average molecular weight is 411 g/mol. The van der Waals surface area contributed by atoms with Crippen molar-refractivity contribution in [3.05, 3.63) is 115 Å². The molecule has 0 saturated heterocycles. The number of aromatic nitrogens is 1. The van der Waals surface area contributed by atoms with Crippen LogP contribution in [0.1, 0.15) is 21.6 Å². The van der Waals surface area contributed by atoms with Gasteiger partial charge in [-0.15, -0.1) is 6.58 Å². The van der Waals surface area contributed by atoms with Gasteiger partial charge in [0.15, 0.2) is 0 Å². The van der Waals surface area contributed by atoms with Gasteiger partial charge in [0.2, 0.25) is 0 Å². The van der Waals surface area contributed by atoms with E-state index in [1.165, 1.54) is 0 Å². The predicted octanol–water partition coefficient (Wildman–Crippen LogP) is 5.53. The first kappa shape index (κ1) is 20.5. The number of rotatable bonds is 8. The van der Waals surface area contributed by atoms with Gasteiger partial charge in [-0.25, -0.2) is 0 Å². The quantitative estimate of drug-likeness (QED) is 0.358. The zero-order valence-corrected chi connectivity index (χ0v) is 17.7. The molecule has 0 aliphatic carbocycles. The summed E-state index contributed by atoms with van der Waals surface area (Å²) in [5.74, 6) is 0.844. The number of hydrogen-bond donors (Lipinski definition) is 0. The van der Waals surface area contributed by atoms with Crippen LogP contribution in [0.25, 0.3) is 10.8 Å². The van der Waals surface area contributed by atoms with E-state index in [0.29, 0.717) is 25.2 Å². The van der Waals surface area contributed by atoms with Crippen LogP contribution in [0, 0.1) is 0 Å². The van der Waals surface area contributed by atoms with E-state index >= 15 is 0 Å². The van der Waals surface area contributed by atoms with Crippen LogP contribution < -0.4 is 4.74 Å². The smallest absolute Gasteiger partial charge is 0.255 e. The Morgan fingerprint density at radius 2 is 1.84 bits per heavy atom. The Morgan fingerprint density at radius 1 is 1.03 bits per heavy atom. The fourth-order valence-corrected chi connectivity index (χ4v) is 3.87. The van der Waals surface area contributed by atoms with Gasteiger partial charge in [0.05, 0.1) is 13.7 Å². The molecule has 0 saturated carbocycles. The summed E-state index contributed by atoms with van der Waals surface area (Å²) < 4.78 is 7.51. The van der Waals surface area contributed by atoms with Crippen molar-refractivity contribution in [1.82, 2.24) is 9.47 Å². The number of carbonyl (C=O) groups is 1. The summed E-state index contributed by atoms with van der Waals surface area (Å²) in [5, 5.41) is 2.03. The molecule has 1 heterocycles. The van der Waals surface area contributed by atoms with E-state index in [1.807, 2.05) is 77.8 Å². The SMILES string of the molecule is C=CCN(Cc1cccn1Cc1cccc(OC)c1)C(=O)c1cccc2ccccc12. The number of benzene rings is 3. The molecule has 0 aliphatic rings. The van der Waals surface area contributed by atoms with Crippen LogP contribution in [0.4, 0.5) is 0 Å². The number of methoxy groups -OCH3 is 1. The Kier molecular flexibility index (Phi) is 6.18. The largest absolute Gasteiger partial charge is 0.497 e. The first-order chi connectivity index (χ1) is 15.2. The van der Waals surface area contributed by atoms with Crippen LogP contribution in [0.5, 0.6) is 5.75 Å². The highest BCUT2D eigenvalue weighted by Gasteiger charge is 2.18. The van der Waals surface area contributed by atoms with Gasteiger partial charge in [-0.05, 0) is 46.7 Å². The van der Waals surface area contributed by atoms with Gasteiger partial charge < -0.3 is 14.2 Å². The molecule has 0 N–H and O–H groups in total. The molecule has 0 aliphatic heterocycles. The number of hydrogen-bond acceptors (Lipinski definition) is 2. The summed E-state index contributed by atoms with van der Waals surface area (Å²) in [7, 11) is 1.67. The van der Waals surface area contributed by atoms with Crippen molar-refractivity contribution in [2.75, 3.05) is 13.7 Å². The summed E-state index contributed by atoms with van der Waals surface area (Å²) in [6.07, 6.45) is 3.82. The lowest BCUT2D eigenvalue weighted by Crippen LogP contribution is -2.31. The summed E-state index contributed by atoms with van der Waals surface area (Å²) in [5.41, 5.74) is 2.93. The third kappa shape index (κ3) is 4.53. The molecule has 1 aromatic heterocycles. The van der Waals surface area contributed by atoms with E-state index in [9.17, 15) is 4.79 Å². The van der Waals surface area contributed by atoms with Crippen LogP contribution in [0.3, 0.4) is 0 Å². The van der Waals surface area contributed by atoms with Gasteiger partial charge in [-0.1, -0.05) is 54.6 Å². The minimum atomic E-state index is 0.00540. The number of amides is 1. The second-order valence-electron chi connectivity index (χ2n) is 7.48. The van der Waals surface area contributed by atoms with E-state index < -0.39 is 0 Å². The second kappa shape index (κ2) is 9.35. The van der Waals surface area contributed by atoms with Gasteiger partial charge in [0.1, 0.15) is 5.75 Å². The normalized spacial score (nSPS) is 10.7. The number of ether oxygens (including phenoxy) is 1. The maximum atomic E-state index is 13.5. The molecular formula is C27H26N2O2. The Morgan fingerprint density at radius 3 is 2.68 bits per heavy atom. The Hall–Kier alpha value is -3.79. The van der Waals surface area contributed by atoms with Crippen molar-refractivity contribution in [2.24, 2.45) is 0 Å². The lowest BCUT2D eigenvalue weighted by atomic mass is 10.0. The van der Waals surface area contributed by atoms with Crippen molar-refractivity contribution in [3.8, 4) is 5.75 Å². The lowest BCUT2D eigenvalue weighted by molar-refractivity contribution is 0.0761. The van der Waals surface area contributed by atoms with Gasteiger partial charge >= 0.3 is 0 Å². The van der Waals surface area contributed by atoms with E-state index in [2.05, 4.69) is 23.3 Å². The van der Waals surface area contributed by atoms with Crippen LogP contribution in [0.2, 0.25) is 0 Å². The standard InChI is InChI=1S/C27H26N2O2/c1-3-16-29(27(30)26-15-7-11-22-10-4-5-14-25(22)26)20-23-12-8-17-28(23)19-21-9-6-13-24(18-21)31-2/h3-15,17-18H,1,16,19-20H2,2H3. The molecule has 0 radical (unpaired) electrons. The van der Waals surface area contributed by atoms with Gasteiger partial charge in [-0.2, -0.15) is 0 Å². The first-order valence-electron chi connectivity index (χ1n) is 10.3. The average Bonchev–Trinajstić information content (AvgIpc) is 3.24. The third-order valence-electron chi connectivity index (χ3n) is 5.42. The van der Waals surface area contributed by atoms with Crippen LogP contribution >= 0.6 is 0 Å². The zero-order chi connectivity index (χ0) is 21.6. The molecule has 0 atom stereocenters. The molecule has 4 aromatic rings.